The van der Waals surface area contributed by atoms with Crippen molar-refractivity contribution in [3.05, 3.63) is 41.0 Å². The van der Waals surface area contributed by atoms with E-state index in [0.717, 1.165) is 43.1 Å². The number of piperazine rings is 1. The van der Waals surface area contributed by atoms with E-state index in [1.54, 1.807) is 0 Å². The number of aromatic nitrogens is 1. The van der Waals surface area contributed by atoms with Crippen molar-refractivity contribution in [2.45, 2.75) is 24.9 Å². The van der Waals surface area contributed by atoms with Gasteiger partial charge < -0.3 is 9.84 Å². The van der Waals surface area contributed by atoms with Crippen LogP contribution in [0, 0.1) is 0 Å². The predicted molar refractivity (Wildman–Crippen MR) is 82.3 cm³/mol. The van der Waals surface area contributed by atoms with Gasteiger partial charge in [0.15, 0.2) is 5.76 Å². The summed E-state index contributed by atoms with van der Waals surface area (Å²) in [5.41, 5.74) is 2.03. The van der Waals surface area contributed by atoms with E-state index in [-0.39, 0.29) is 0 Å². The molecule has 1 unspecified atom stereocenters. The number of nitrogens with zero attached hydrogens (tertiary/aromatic N) is 2. The fraction of sp³-hybridized carbons (Fsp3) is 0.438. The van der Waals surface area contributed by atoms with Crippen molar-refractivity contribution < 1.29 is 4.52 Å². The van der Waals surface area contributed by atoms with Crippen LogP contribution in [0.5, 0.6) is 0 Å². The van der Waals surface area contributed by atoms with Crippen LogP contribution < -0.4 is 5.32 Å². The summed E-state index contributed by atoms with van der Waals surface area (Å²) < 4.78 is 5.55. The molecule has 2 aliphatic heterocycles. The molecule has 0 saturated carbocycles. The molecule has 0 amide bonds. The Hall–Kier alpha value is -1.36. The van der Waals surface area contributed by atoms with Crippen molar-refractivity contribution in [3.63, 3.8) is 0 Å². The van der Waals surface area contributed by atoms with Gasteiger partial charge in [0, 0.05) is 42.3 Å². The van der Waals surface area contributed by atoms with E-state index in [0.29, 0.717) is 17.1 Å². The van der Waals surface area contributed by atoms with Gasteiger partial charge in [0.1, 0.15) is 5.69 Å². The van der Waals surface area contributed by atoms with Crippen molar-refractivity contribution in [1.29, 1.82) is 0 Å². The number of benzene rings is 1. The average molecular weight is 304 g/mol. The van der Waals surface area contributed by atoms with Gasteiger partial charge in [-0.1, -0.05) is 28.9 Å². The molecule has 2 aliphatic rings. The largest absolute Gasteiger partial charge is 0.356 e. The summed E-state index contributed by atoms with van der Waals surface area (Å²) in [6, 6.07) is 10.8. The van der Waals surface area contributed by atoms with Crippen LogP contribution in [0.1, 0.15) is 24.6 Å². The molecule has 4 nitrogen and oxygen atoms in total. The van der Waals surface area contributed by atoms with E-state index in [9.17, 15) is 0 Å². The van der Waals surface area contributed by atoms with Crippen LogP contribution in [0.4, 0.5) is 0 Å². The molecule has 1 aromatic heterocycles. The van der Waals surface area contributed by atoms with Crippen molar-refractivity contribution in [1.82, 2.24) is 15.4 Å². The third kappa shape index (κ3) is 2.48. The Morgan fingerprint density at radius 2 is 2.24 bits per heavy atom. The standard InChI is InChI=1S/C16H18ClN3O/c17-12-3-1-2-11(8-12)16-9-14(19-21-16)15-5-4-13-10-18-6-7-20(13)15/h1-3,8-9,13,15,18H,4-7,10H2/t13?,15-/m1/s1. The summed E-state index contributed by atoms with van der Waals surface area (Å²) >= 11 is 6.04. The lowest BCUT2D eigenvalue weighted by atomic mass is 10.1. The molecule has 21 heavy (non-hydrogen) atoms. The van der Waals surface area contributed by atoms with E-state index < -0.39 is 0 Å². The maximum Gasteiger partial charge on any atom is 0.167 e. The van der Waals surface area contributed by atoms with Crippen molar-refractivity contribution in [2.24, 2.45) is 0 Å². The van der Waals surface area contributed by atoms with Gasteiger partial charge in [0.25, 0.3) is 0 Å². The van der Waals surface area contributed by atoms with Crippen LogP contribution in [-0.4, -0.2) is 35.7 Å². The zero-order valence-electron chi connectivity index (χ0n) is 11.8. The summed E-state index contributed by atoms with van der Waals surface area (Å²) in [4.78, 5) is 2.57. The van der Waals surface area contributed by atoms with Crippen LogP contribution in [-0.2, 0) is 0 Å². The van der Waals surface area contributed by atoms with Gasteiger partial charge in [-0.2, -0.15) is 0 Å². The van der Waals surface area contributed by atoms with Gasteiger partial charge in [-0.25, -0.2) is 0 Å². The minimum absolute atomic E-state index is 0.397. The monoisotopic (exact) mass is 303 g/mol. The third-order valence-electron chi connectivity index (χ3n) is 4.55. The number of hydrogen-bond acceptors (Lipinski definition) is 4. The van der Waals surface area contributed by atoms with Gasteiger partial charge in [-0.3, -0.25) is 4.90 Å². The molecule has 2 aromatic rings. The Labute approximate surface area is 129 Å². The zero-order chi connectivity index (χ0) is 14.2. The lowest BCUT2D eigenvalue weighted by Crippen LogP contribution is -2.48. The molecule has 2 atom stereocenters. The van der Waals surface area contributed by atoms with E-state index >= 15 is 0 Å². The van der Waals surface area contributed by atoms with Crippen LogP contribution >= 0.6 is 11.6 Å². The fourth-order valence-electron chi connectivity index (χ4n) is 3.51. The quantitative estimate of drug-likeness (QED) is 0.925. The molecule has 2 saturated heterocycles. The summed E-state index contributed by atoms with van der Waals surface area (Å²) in [7, 11) is 0. The first-order chi connectivity index (χ1) is 10.3. The summed E-state index contributed by atoms with van der Waals surface area (Å²) in [5, 5.41) is 8.50. The molecule has 5 heteroatoms. The highest BCUT2D eigenvalue weighted by Crippen LogP contribution is 2.37. The Morgan fingerprint density at radius 3 is 3.14 bits per heavy atom. The first-order valence-electron chi connectivity index (χ1n) is 7.50. The summed E-state index contributed by atoms with van der Waals surface area (Å²) in [6.45, 7) is 3.25. The normalized spacial score (nSPS) is 26.0. The zero-order valence-corrected chi connectivity index (χ0v) is 12.5. The van der Waals surface area contributed by atoms with E-state index in [1.807, 2.05) is 24.3 Å². The number of hydrogen-bond donors (Lipinski definition) is 1. The second-order valence-corrected chi connectivity index (χ2v) is 6.25. The topological polar surface area (TPSA) is 41.3 Å². The average Bonchev–Trinajstić information content (AvgIpc) is 3.14. The smallest absolute Gasteiger partial charge is 0.167 e. The Morgan fingerprint density at radius 1 is 1.29 bits per heavy atom. The lowest BCUT2D eigenvalue weighted by Gasteiger charge is -2.33. The number of fused-ring (bicyclic) bond motifs is 1. The lowest BCUT2D eigenvalue weighted by molar-refractivity contribution is 0.157. The number of halogens is 1. The molecule has 0 spiro atoms. The van der Waals surface area contributed by atoms with Crippen molar-refractivity contribution in [3.8, 4) is 11.3 Å². The molecular formula is C16H18ClN3O. The van der Waals surface area contributed by atoms with Gasteiger partial charge >= 0.3 is 0 Å². The van der Waals surface area contributed by atoms with Gasteiger partial charge in [0.05, 0.1) is 6.04 Å². The molecule has 0 radical (unpaired) electrons. The summed E-state index contributed by atoms with van der Waals surface area (Å²) in [5.74, 6) is 0.797. The Kier molecular flexibility index (Phi) is 3.45. The predicted octanol–water partition coefficient (Wildman–Crippen LogP) is 3.10. The minimum Gasteiger partial charge on any atom is -0.356 e. The van der Waals surface area contributed by atoms with Gasteiger partial charge in [0.2, 0.25) is 0 Å². The SMILES string of the molecule is Clc1cccc(-c2cc([C@H]3CCC4CNCCN43)no2)c1. The van der Waals surface area contributed by atoms with Crippen LogP contribution in [0.15, 0.2) is 34.9 Å². The molecule has 1 N–H and O–H groups in total. The molecule has 3 heterocycles. The van der Waals surface area contributed by atoms with Crippen LogP contribution in [0.25, 0.3) is 11.3 Å². The summed E-state index contributed by atoms with van der Waals surface area (Å²) in [6.07, 6.45) is 2.39. The highest BCUT2D eigenvalue weighted by atomic mass is 35.5. The highest BCUT2D eigenvalue weighted by Gasteiger charge is 2.37. The molecule has 0 aliphatic carbocycles. The van der Waals surface area contributed by atoms with Gasteiger partial charge in [-0.15, -0.1) is 0 Å². The van der Waals surface area contributed by atoms with Crippen LogP contribution in [0.2, 0.25) is 5.02 Å². The van der Waals surface area contributed by atoms with Crippen LogP contribution in [0.3, 0.4) is 0 Å². The van der Waals surface area contributed by atoms with E-state index in [2.05, 4.69) is 21.4 Å². The number of rotatable bonds is 2. The molecule has 4 rings (SSSR count). The van der Waals surface area contributed by atoms with Crippen molar-refractivity contribution in [2.75, 3.05) is 19.6 Å². The molecular weight excluding hydrogens is 286 g/mol. The third-order valence-corrected chi connectivity index (χ3v) is 4.78. The molecule has 0 bridgehead atoms. The second kappa shape index (κ2) is 5.44. The first-order valence-corrected chi connectivity index (χ1v) is 7.88. The highest BCUT2D eigenvalue weighted by molar-refractivity contribution is 6.30. The first kappa shape index (κ1) is 13.3. The molecule has 110 valence electrons. The van der Waals surface area contributed by atoms with E-state index in [4.69, 9.17) is 16.1 Å². The Bertz CT molecular complexity index is 642. The van der Waals surface area contributed by atoms with Crippen molar-refractivity contribution >= 4 is 11.6 Å². The molecule has 1 aromatic carbocycles. The van der Waals surface area contributed by atoms with Gasteiger partial charge in [-0.05, 0) is 25.0 Å². The number of nitrogens with one attached hydrogen (secondary N) is 1. The fourth-order valence-corrected chi connectivity index (χ4v) is 3.70. The second-order valence-electron chi connectivity index (χ2n) is 5.82. The maximum absolute atomic E-state index is 6.04. The van der Waals surface area contributed by atoms with E-state index in [1.165, 1.54) is 6.42 Å². The Balaban J connectivity index is 1.60. The minimum atomic E-state index is 0.397. The molecule has 2 fully saturated rings. The maximum atomic E-state index is 6.04.